The zero-order valence-electron chi connectivity index (χ0n) is 17.8. The summed E-state index contributed by atoms with van der Waals surface area (Å²) in [4.78, 5) is 18.3. The van der Waals surface area contributed by atoms with Gasteiger partial charge in [0.05, 0.1) is 11.5 Å². The molecule has 9 heteroatoms. The van der Waals surface area contributed by atoms with Gasteiger partial charge in [0.2, 0.25) is 5.91 Å². The number of nitrogens with zero attached hydrogens (tertiary/aromatic N) is 3. The second-order valence-corrected chi connectivity index (χ2v) is 8.14. The molecule has 0 aliphatic carbocycles. The van der Waals surface area contributed by atoms with E-state index in [-0.39, 0.29) is 17.9 Å². The van der Waals surface area contributed by atoms with Crippen LogP contribution in [0.1, 0.15) is 55.0 Å². The SMILES string of the molecule is CC1CCN(c2nc(C(F)(F)F)ccc2CNC(=O)C(C)c2ccc(C#N)c(F)c2)CC1. The summed E-state index contributed by atoms with van der Waals surface area (Å²) in [6.45, 7) is 4.88. The maximum Gasteiger partial charge on any atom is 0.433 e. The quantitative estimate of drug-likeness (QED) is 0.670. The summed E-state index contributed by atoms with van der Waals surface area (Å²) in [5, 5.41) is 11.6. The molecule has 1 amide bonds. The smallest absolute Gasteiger partial charge is 0.356 e. The normalized spacial score (nSPS) is 15.8. The van der Waals surface area contributed by atoms with Gasteiger partial charge in [-0.2, -0.15) is 18.4 Å². The minimum Gasteiger partial charge on any atom is -0.356 e. The van der Waals surface area contributed by atoms with Crippen LogP contribution in [0.2, 0.25) is 0 Å². The molecule has 1 aromatic carbocycles. The van der Waals surface area contributed by atoms with Crippen molar-refractivity contribution >= 4 is 11.7 Å². The molecule has 3 rings (SSSR count). The summed E-state index contributed by atoms with van der Waals surface area (Å²) in [5.41, 5.74) is -0.200. The molecule has 2 aromatic rings. The standard InChI is InChI=1S/C23H24F4N4O/c1-14-7-9-31(10-8-14)21-18(5-6-20(30-21)23(25,26)27)13-29-22(32)15(2)16-3-4-17(12-28)19(24)11-16/h3-6,11,14-15H,7-10,13H2,1-2H3,(H,29,32). The molecule has 1 atom stereocenters. The molecule has 1 aliphatic rings. The van der Waals surface area contributed by atoms with Gasteiger partial charge in [-0.05, 0) is 49.4 Å². The van der Waals surface area contributed by atoms with Crippen molar-refractivity contribution in [3.05, 3.63) is 58.5 Å². The fraction of sp³-hybridized carbons (Fsp3) is 0.435. The Morgan fingerprint density at radius 1 is 1.28 bits per heavy atom. The van der Waals surface area contributed by atoms with Gasteiger partial charge in [-0.25, -0.2) is 9.37 Å². The summed E-state index contributed by atoms with van der Waals surface area (Å²) >= 11 is 0. The highest BCUT2D eigenvalue weighted by molar-refractivity contribution is 5.83. The Bertz CT molecular complexity index is 1020. The van der Waals surface area contributed by atoms with Crippen LogP contribution >= 0.6 is 0 Å². The molecule has 0 spiro atoms. The van der Waals surface area contributed by atoms with E-state index in [1.165, 1.54) is 18.2 Å². The number of piperidine rings is 1. The summed E-state index contributed by atoms with van der Waals surface area (Å²) in [6.07, 6.45) is -2.86. The highest BCUT2D eigenvalue weighted by Crippen LogP contribution is 2.32. The van der Waals surface area contributed by atoms with Crippen LogP contribution in [0.3, 0.4) is 0 Å². The number of carbonyl (C=O) groups is 1. The largest absolute Gasteiger partial charge is 0.433 e. The Balaban J connectivity index is 1.78. The molecular weight excluding hydrogens is 424 g/mol. The third-order valence-electron chi connectivity index (χ3n) is 5.79. The van der Waals surface area contributed by atoms with E-state index < -0.39 is 29.5 Å². The van der Waals surface area contributed by atoms with E-state index in [0.29, 0.717) is 30.1 Å². The van der Waals surface area contributed by atoms with E-state index in [1.54, 1.807) is 13.0 Å². The van der Waals surface area contributed by atoms with Crippen LogP contribution in [0.15, 0.2) is 30.3 Å². The van der Waals surface area contributed by atoms with Crippen LogP contribution in [-0.2, 0) is 17.5 Å². The van der Waals surface area contributed by atoms with Crippen molar-refractivity contribution in [2.75, 3.05) is 18.0 Å². The number of pyridine rings is 1. The van der Waals surface area contributed by atoms with Crippen LogP contribution < -0.4 is 10.2 Å². The van der Waals surface area contributed by atoms with Gasteiger partial charge in [0.1, 0.15) is 23.4 Å². The molecule has 1 aromatic heterocycles. The third kappa shape index (κ3) is 5.36. The van der Waals surface area contributed by atoms with Crippen molar-refractivity contribution in [3.8, 4) is 6.07 Å². The van der Waals surface area contributed by atoms with Gasteiger partial charge in [-0.15, -0.1) is 0 Å². The van der Waals surface area contributed by atoms with Crippen LogP contribution in [-0.4, -0.2) is 24.0 Å². The van der Waals surface area contributed by atoms with Crippen molar-refractivity contribution in [3.63, 3.8) is 0 Å². The summed E-state index contributed by atoms with van der Waals surface area (Å²) in [5.74, 6) is -1.11. The van der Waals surface area contributed by atoms with Crippen molar-refractivity contribution < 1.29 is 22.4 Å². The molecule has 0 radical (unpaired) electrons. The number of alkyl halides is 3. The first kappa shape index (κ1) is 23.5. The van der Waals surface area contributed by atoms with Gasteiger partial charge in [0, 0.05) is 25.2 Å². The highest BCUT2D eigenvalue weighted by Gasteiger charge is 2.34. The molecule has 1 N–H and O–H groups in total. The van der Waals surface area contributed by atoms with E-state index in [9.17, 15) is 22.4 Å². The number of nitrogens with one attached hydrogen (secondary N) is 1. The molecule has 170 valence electrons. The number of anilines is 1. The first-order chi connectivity index (χ1) is 15.1. The predicted molar refractivity (Wildman–Crippen MR) is 111 cm³/mol. The van der Waals surface area contributed by atoms with Crippen molar-refractivity contribution in [2.24, 2.45) is 5.92 Å². The third-order valence-corrected chi connectivity index (χ3v) is 5.79. The molecule has 1 unspecified atom stereocenters. The minimum atomic E-state index is -4.56. The predicted octanol–water partition coefficient (Wildman–Crippen LogP) is 4.77. The first-order valence-corrected chi connectivity index (χ1v) is 10.4. The van der Waals surface area contributed by atoms with Gasteiger partial charge in [0.25, 0.3) is 0 Å². The van der Waals surface area contributed by atoms with E-state index in [2.05, 4.69) is 17.2 Å². The molecule has 1 aliphatic heterocycles. The Kier molecular flexibility index (Phi) is 7.02. The fourth-order valence-corrected chi connectivity index (χ4v) is 3.65. The minimum absolute atomic E-state index is 0.00550. The lowest BCUT2D eigenvalue weighted by Gasteiger charge is -2.33. The monoisotopic (exact) mass is 448 g/mol. The number of carbonyl (C=O) groups excluding carboxylic acids is 1. The lowest BCUT2D eigenvalue weighted by molar-refractivity contribution is -0.141. The van der Waals surface area contributed by atoms with Crippen molar-refractivity contribution in [1.29, 1.82) is 5.26 Å². The number of rotatable bonds is 5. The van der Waals surface area contributed by atoms with Crippen LogP contribution in [0, 0.1) is 23.1 Å². The number of hydrogen-bond acceptors (Lipinski definition) is 4. The Labute approximate surface area is 184 Å². The van der Waals surface area contributed by atoms with Gasteiger partial charge in [0.15, 0.2) is 0 Å². The Hall–Kier alpha value is -3.15. The molecule has 0 bridgehead atoms. The van der Waals surface area contributed by atoms with Crippen LogP contribution in [0.5, 0.6) is 0 Å². The van der Waals surface area contributed by atoms with Crippen LogP contribution in [0.4, 0.5) is 23.4 Å². The van der Waals surface area contributed by atoms with E-state index >= 15 is 0 Å². The zero-order valence-corrected chi connectivity index (χ0v) is 17.8. The second-order valence-electron chi connectivity index (χ2n) is 8.14. The Morgan fingerprint density at radius 2 is 1.97 bits per heavy atom. The number of hydrogen-bond donors (Lipinski definition) is 1. The summed E-state index contributed by atoms with van der Waals surface area (Å²) < 4.78 is 53.6. The summed E-state index contributed by atoms with van der Waals surface area (Å²) in [7, 11) is 0. The van der Waals surface area contributed by atoms with Crippen molar-refractivity contribution in [1.82, 2.24) is 10.3 Å². The molecule has 2 heterocycles. The number of nitriles is 1. The highest BCUT2D eigenvalue weighted by atomic mass is 19.4. The first-order valence-electron chi connectivity index (χ1n) is 10.4. The van der Waals surface area contributed by atoms with E-state index in [1.807, 2.05) is 4.90 Å². The molecule has 0 saturated carbocycles. The van der Waals surface area contributed by atoms with Gasteiger partial charge >= 0.3 is 6.18 Å². The fourth-order valence-electron chi connectivity index (χ4n) is 3.65. The zero-order chi connectivity index (χ0) is 23.5. The summed E-state index contributed by atoms with van der Waals surface area (Å²) in [6, 6.07) is 7.94. The van der Waals surface area contributed by atoms with Gasteiger partial charge < -0.3 is 10.2 Å². The van der Waals surface area contributed by atoms with Crippen molar-refractivity contribution in [2.45, 2.75) is 45.3 Å². The van der Waals surface area contributed by atoms with Gasteiger partial charge in [-0.3, -0.25) is 4.79 Å². The van der Waals surface area contributed by atoms with E-state index in [0.717, 1.165) is 25.0 Å². The number of aromatic nitrogens is 1. The van der Waals surface area contributed by atoms with Gasteiger partial charge in [-0.1, -0.05) is 19.1 Å². The molecule has 1 fully saturated rings. The lowest BCUT2D eigenvalue weighted by atomic mass is 9.98. The number of amides is 1. The van der Waals surface area contributed by atoms with Crippen LogP contribution in [0.25, 0.3) is 0 Å². The second kappa shape index (κ2) is 9.55. The number of benzene rings is 1. The average molecular weight is 448 g/mol. The maximum atomic E-state index is 13.9. The lowest BCUT2D eigenvalue weighted by Crippen LogP contribution is -2.35. The van der Waals surface area contributed by atoms with E-state index in [4.69, 9.17) is 5.26 Å². The molecule has 5 nitrogen and oxygen atoms in total. The maximum absolute atomic E-state index is 13.9. The topological polar surface area (TPSA) is 69.0 Å². The molecule has 1 saturated heterocycles. The number of halogens is 4. The molecular formula is C23H24F4N4O. The average Bonchev–Trinajstić information content (AvgIpc) is 2.76. The Morgan fingerprint density at radius 3 is 2.56 bits per heavy atom. The molecule has 32 heavy (non-hydrogen) atoms.